The van der Waals surface area contributed by atoms with Crippen molar-refractivity contribution in [1.82, 2.24) is 9.78 Å². The van der Waals surface area contributed by atoms with E-state index in [1.807, 2.05) is 30.2 Å². The third-order valence-corrected chi connectivity index (χ3v) is 3.30. The number of hydrogen-bond acceptors (Lipinski definition) is 3. The molecule has 1 aliphatic heterocycles. The fourth-order valence-corrected chi connectivity index (χ4v) is 2.27. The Labute approximate surface area is 107 Å². The van der Waals surface area contributed by atoms with Crippen LogP contribution in [0.25, 0.3) is 0 Å². The normalized spacial score (nSPS) is 15.0. The Morgan fingerprint density at radius 2 is 2.33 bits per heavy atom. The predicted octanol–water partition coefficient (Wildman–Crippen LogP) is 2.53. The van der Waals surface area contributed by atoms with Crippen LogP contribution in [0.5, 0.6) is 5.75 Å². The summed E-state index contributed by atoms with van der Waals surface area (Å²) in [6, 6.07) is 6.53. The summed E-state index contributed by atoms with van der Waals surface area (Å²) in [5, 5.41) is 7.69. The lowest BCUT2D eigenvalue weighted by Crippen LogP contribution is -2.05. The second kappa shape index (κ2) is 4.37. The van der Waals surface area contributed by atoms with E-state index < -0.39 is 0 Å². The Morgan fingerprint density at radius 3 is 3.11 bits per heavy atom. The van der Waals surface area contributed by atoms with E-state index in [1.165, 1.54) is 11.1 Å². The molecule has 0 aliphatic carbocycles. The van der Waals surface area contributed by atoms with E-state index in [-0.39, 0.29) is 6.04 Å². The molecule has 0 radical (unpaired) electrons. The van der Waals surface area contributed by atoms with Crippen molar-refractivity contribution in [1.29, 1.82) is 0 Å². The van der Waals surface area contributed by atoms with Gasteiger partial charge in [-0.1, -0.05) is 0 Å². The number of anilines is 1. The zero-order valence-electron chi connectivity index (χ0n) is 10.7. The van der Waals surface area contributed by atoms with Crippen molar-refractivity contribution in [3.63, 3.8) is 0 Å². The third kappa shape index (κ3) is 2.06. The lowest BCUT2D eigenvalue weighted by Gasteiger charge is -2.14. The minimum absolute atomic E-state index is 0.249. The fraction of sp³-hybridized carbons (Fsp3) is 0.357. The first-order valence-corrected chi connectivity index (χ1v) is 6.23. The van der Waals surface area contributed by atoms with Crippen molar-refractivity contribution in [2.45, 2.75) is 19.4 Å². The van der Waals surface area contributed by atoms with Crippen molar-refractivity contribution in [2.24, 2.45) is 7.05 Å². The van der Waals surface area contributed by atoms with Crippen LogP contribution in [0, 0.1) is 0 Å². The molecule has 18 heavy (non-hydrogen) atoms. The quantitative estimate of drug-likeness (QED) is 0.900. The van der Waals surface area contributed by atoms with Crippen molar-refractivity contribution in [3.8, 4) is 5.75 Å². The second-order valence-corrected chi connectivity index (χ2v) is 4.73. The lowest BCUT2D eigenvalue weighted by molar-refractivity contribution is 0.357. The highest BCUT2D eigenvalue weighted by Gasteiger charge is 2.13. The molecule has 0 saturated heterocycles. The molecule has 1 aliphatic rings. The number of rotatable bonds is 3. The van der Waals surface area contributed by atoms with Crippen molar-refractivity contribution in [2.75, 3.05) is 11.9 Å². The number of ether oxygens (including phenoxy) is 1. The molecule has 1 aromatic heterocycles. The molecule has 1 atom stereocenters. The van der Waals surface area contributed by atoms with Crippen molar-refractivity contribution < 1.29 is 4.74 Å². The molecule has 4 heteroatoms. The van der Waals surface area contributed by atoms with Crippen LogP contribution >= 0.6 is 0 Å². The van der Waals surface area contributed by atoms with Gasteiger partial charge in [0.1, 0.15) is 5.75 Å². The summed E-state index contributed by atoms with van der Waals surface area (Å²) in [5.74, 6) is 1.02. The van der Waals surface area contributed by atoms with Crippen LogP contribution < -0.4 is 10.1 Å². The molecular weight excluding hydrogens is 226 g/mol. The molecule has 2 heterocycles. The van der Waals surface area contributed by atoms with Crippen molar-refractivity contribution in [3.05, 3.63) is 41.7 Å². The molecular formula is C14H17N3O. The van der Waals surface area contributed by atoms with E-state index >= 15 is 0 Å². The zero-order chi connectivity index (χ0) is 12.5. The van der Waals surface area contributed by atoms with Gasteiger partial charge >= 0.3 is 0 Å². The summed E-state index contributed by atoms with van der Waals surface area (Å²) < 4.78 is 7.33. The highest BCUT2D eigenvalue weighted by molar-refractivity contribution is 5.53. The van der Waals surface area contributed by atoms with Gasteiger partial charge in [-0.15, -0.1) is 0 Å². The first-order valence-electron chi connectivity index (χ1n) is 6.23. The molecule has 0 fully saturated rings. The maximum absolute atomic E-state index is 5.51. The van der Waals surface area contributed by atoms with E-state index in [1.54, 1.807) is 0 Å². The van der Waals surface area contributed by atoms with E-state index in [0.29, 0.717) is 0 Å². The van der Waals surface area contributed by atoms with Gasteiger partial charge in [-0.2, -0.15) is 5.10 Å². The van der Waals surface area contributed by atoms with Gasteiger partial charge in [-0.3, -0.25) is 4.68 Å². The molecule has 0 spiro atoms. The Morgan fingerprint density at radius 1 is 1.44 bits per heavy atom. The van der Waals surface area contributed by atoms with Gasteiger partial charge < -0.3 is 10.1 Å². The number of nitrogens with zero attached hydrogens (tertiary/aromatic N) is 2. The largest absolute Gasteiger partial charge is 0.493 e. The molecule has 2 aromatic rings. The minimum atomic E-state index is 0.249. The maximum atomic E-state index is 5.51. The maximum Gasteiger partial charge on any atom is 0.122 e. The lowest BCUT2D eigenvalue weighted by atomic mass is 10.1. The fourth-order valence-electron chi connectivity index (χ4n) is 2.27. The molecule has 1 unspecified atom stereocenters. The highest BCUT2D eigenvalue weighted by atomic mass is 16.5. The summed E-state index contributed by atoms with van der Waals surface area (Å²) in [5.41, 5.74) is 3.61. The number of benzene rings is 1. The Hall–Kier alpha value is -1.97. The highest BCUT2D eigenvalue weighted by Crippen LogP contribution is 2.29. The average molecular weight is 243 g/mol. The van der Waals surface area contributed by atoms with Crippen LogP contribution in [0.3, 0.4) is 0 Å². The summed E-state index contributed by atoms with van der Waals surface area (Å²) in [4.78, 5) is 0. The second-order valence-electron chi connectivity index (χ2n) is 4.73. The molecule has 0 saturated carbocycles. The van der Waals surface area contributed by atoms with Crippen LogP contribution in [0.4, 0.5) is 5.69 Å². The van der Waals surface area contributed by atoms with Crippen molar-refractivity contribution >= 4 is 5.69 Å². The van der Waals surface area contributed by atoms with Crippen LogP contribution in [-0.4, -0.2) is 16.4 Å². The van der Waals surface area contributed by atoms with Gasteiger partial charge in [0.25, 0.3) is 0 Å². The summed E-state index contributed by atoms with van der Waals surface area (Å²) in [7, 11) is 1.93. The molecule has 4 nitrogen and oxygen atoms in total. The van der Waals surface area contributed by atoms with Gasteiger partial charge in [0.15, 0.2) is 0 Å². The van der Waals surface area contributed by atoms with Crippen LogP contribution in [0.15, 0.2) is 30.6 Å². The number of fused-ring (bicyclic) bond motifs is 1. The molecule has 1 N–H and O–H groups in total. The van der Waals surface area contributed by atoms with E-state index in [2.05, 4.69) is 29.5 Å². The van der Waals surface area contributed by atoms with Gasteiger partial charge in [-0.25, -0.2) is 0 Å². The van der Waals surface area contributed by atoms with Gasteiger partial charge in [-0.05, 0) is 30.7 Å². The standard InChI is InChI=1S/C14H17N3O/c1-10(12-8-15-17(2)9-12)16-13-3-4-14-11(7-13)5-6-18-14/h3-4,7-10,16H,5-6H2,1-2H3. The number of aryl methyl sites for hydroxylation is 1. The van der Waals surface area contributed by atoms with Crippen LogP contribution in [-0.2, 0) is 13.5 Å². The molecule has 0 amide bonds. The average Bonchev–Trinajstić information content (AvgIpc) is 2.96. The minimum Gasteiger partial charge on any atom is -0.493 e. The summed E-state index contributed by atoms with van der Waals surface area (Å²) in [6.07, 6.45) is 4.94. The Bertz CT molecular complexity index is 562. The predicted molar refractivity (Wildman–Crippen MR) is 70.9 cm³/mol. The molecule has 3 rings (SSSR count). The third-order valence-electron chi connectivity index (χ3n) is 3.30. The Kier molecular flexibility index (Phi) is 2.70. The monoisotopic (exact) mass is 243 g/mol. The van der Waals surface area contributed by atoms with Gasteiger partial charge in [0.05, 0.1) is 18.8 Å². The number of nitrogens with one attached hydrogen (secondary N) is 1. The van der Waals surface area contributed by atoms with E-state index in [9.17, 15) is 0 Å². The number of aromatic nitrogens is 2. The smallest absolute Gasteiger partial charge is 0.122 e. The number of hydrogen-bond donors (Lipinski definition) is 1. The molecule has 1 aromatic carbocycles. The first-order chi connectivity index (χ1) is 8.72. The summed E-state index contributed by atoms with van der Waals surface area (Å²) in [6.45, 7) is 2.94. The van der Waals surface area contributed by atoms with Gasteiger partial charge in [0.2, 0.25) is 0 Å². The molecule has 0 bridgehead atoms. The zero-order valence-corrected chi connectivity index (χ0v) is 10.7. The summed E-state index contributed by atoms with van der Waals surface area (Å²) >= 11 is 0. The van der Waals surface area contributed by atoms with Crippen LogP contribution in [0.1, 0.15) is 24.1 Å². The SMILES string of the molecule is CC(Nc1ccc2c(c1)CCO2)c1cnn(C)c1. The van der Waals surface area contributed by atoms with Gasteiger partial charge in [0, 0.05) is 30.9 Å². The Balaban J connectivity index is 1.76. The van der Waals surface area contributed by atoms with E-state index in [0.717, 1.165) is 24.5 Å². The van der Waals surface area contributed by atoms with Crippen LogP contribution in [0.2, 0.25) is 0 Å². The van der Waals surface area contributed by atoms with E-state index in [4.69, 9.17) is 4.74 Å². The molecule has 94 valence electrons. The topological polar surface area (TPSA) is 39.1 Å². The first kappa shape index (κ1) is 11.1.